The van der Waals surface area contributed by atoms with E-state index in [0.717, 1.165) is 30.4 Å². The molecule has 0 bridgehead atoms. The van der Waals surface area contributed by atoms with Crippen LogP contribution in [0.4, 0.5) is 0 Å². The van der Waals surface area contributed by atoms with Gasteiger partial charge in [0.25, 0.3) is 0 Å². The SMILES string of the molecule is COc1ccc(C(C)c2ccc(C3=Cc4ccccc4C4=NCCN34)cc2)cc1OC. The van der Waals surface area contributed by atoms with Gasteiger partial charge >= 0.3 is 0 Å². The number of benzene rings is 3. The normalized spacial score (nSPS) is 15.5. The molecule has 2 aliphatic heterocycles. The number of methoxy groups -OCH3 is 2. The van der Waals surface area contributed by atoms with Crippen molar-refractivity contribution < 1.29 is 9.47 Å². The van der Waals surface area contributed by atoms with E-state index in [1.54, 1.807) is 14.2 Å². The van der Waals surface area contributed by atoms with Crippen LogP contribution < -0.4 is 9.47 Å². The second-order valence-corrected chi connectivity index (χ2v) is 7.93. The summed E-state index contributed by atoms with van der Waals surface area (Å²) in [5, 5.41) is 0. The van der Waals surface area contributed by atoms with Crippen LogP contribution in [0.5, 0.6) is 11.5 Å². The van der Waals surface area contributed by atoms with Gasteiger partial charge in [0.15, 0.2) is 11.5 Å². The Morgan fingerprint density at radius 3 is 2.39 bits per heavy atom. The van der Waals surface area contributed by atoms with E-state index in [1.165, 1.54) is 33.5 Å². The molecule has 2 heterocycles. The highest BCUT2D eigenvalue weighted by Gasteiger charge is 2.28. The third-order valence-corrected chi connectivity index (χ3v) is 6.24. The van der Waals surface area contributed by atoms with Gasteiger partial charge in [0.1, 0.15) is 5.84 Å². The van der Waals surface area contributed by atoms with Crippen molar-refractivity contribution in [2.45, 2.75) is 12.8 Å². The van der Waals surface area contributed by atoms with Crippen LogP contribution in [-0.4, -0.2) is 38.0 Å². The van der Waals surface area contributed by atoms with Crippen molar-refractivity contribution in [1.82, 2.24) is 4.90 Å². The van der Waals surface area contributed by atoms with Crippen LogP contribution in [0.25, 0.3) is 11.8 Å². The highest BCUT2D eigenvalue weighted by Crippen LogP contribution is 2.36. The molecule has 1 unspecified atom stereocenters. The maximum Gasteiger partial charge on any atom is 0.161 e. The number of rotatable bonds is 5. The molecule has 0 N–H and O–H groups in total. The first kappa shape index (κ1) is 19.4. The molecule has 0 fully saturated rings. The topological polar surface area (TPSA) is 34.1 Å². The minimum atomic E-state index is 0.249. The Labute approximate surface area is 183 Å². The van der Waals surface area contributed by atoms with E-state index in [2.05, 4.69) is 78.6 Å². The van der Waals surface area contributed by atoms with E-state index in [9.17, 15) is 0 Å². The maximum atomic E-state index is 5.48. The Hall–Kier alpha value is -3.53. The number of ether oxygens (including phenoxy) is 2. The molecule has 4 heteroatoms. The second kappa shape index (κ2) is 7.95. The summed E-state index contributed by atoms with van der Waals surface area (Å²) in [5.74, 6) is 2.85. The van der Waals surface area contributed by atoms with Crippen molar-refractivity contribution in [2.24, 2.45) is 4.99 Å². The van der Waals surface area contributed by atoms with Gasteiger partial charge in [-0.15, -0.1) is 0 Å². The lowest BCUT2D eigenvalue weighted by atomic mass is 9.91. The molecule has 0 saturated carbocycles. The fourth-order valence-corrected chi connectivity index (χ4v) is 4.46. The van der Waals surface area contributed by atoms with Crippen LogP contribution in [-0.2, 0) is 0 Å². The lowest BCUT2D eigenvalue weighted by Crippen LogP contribution is -2.30. The summed E-state index contributed by atoms with van der Waals surface area (Å²) in [6, 6.07) is 23.5. The molecule has 3 aromatic carbocycles. The molecule has 5 rings (SSSR count). The van der Waals surface area contributed by atoms with Crippen molar-refractivity contribution in [3.8, 4) is 11.5 Å². The summed E-state index contributed by atoms with van der Waals surface area (Å²) < 4.78 is 10.9. The zero-order valence-electron chi connectivity index (χ0n) is 18.1. The number of nitrogens with zero attached hydrogens (tertiary/aromatic N) is 2. The van der Waals surface area contributed by atoms with Gasteiger partial charge in [-0.25, -0.2) is 0 Å². The van der Waals surface area contributed by atoms with Crippen LogP contribution in [0, 0.1) is 0 Å². The summed E-state index contributed by atoms with van der Waals surface area (Å²) in [6.45, 7) is 3.99. The van der Waals surface area contributed by atoms with Gasteiger partial charge in [0.2, 0.25) is 0 Å². The van der Waals surface area contributed by atoms with Crippen LogP contribution in [0.1, 0.15) is 40.7 Å². The van der Waals surface area contributed by atoms with E-state index < -0.39 is 0 Å². The second-order valence-electron chi connectivity index (χ2n) is 7.93. The first-order chi connectivity index (χ1) is 15.2. The van der Waals surface area contributed by atoms with Gasteiger partial charge in [0, 0.05) is 18.0 Å². The number of aliphatic imine (C=N–C) groups is 1. The summed E-state index contributed by atoms with van der Waals surface area (Å²) in [6.07, 6.45) is 2.28. The molecule has 0 aromatic heterocycles. The monoisotopic (exact) mass is 410 g/mol. The highest BCUT2D eigenvalue weighted by molar-refractivity contribution is 6.12. The average Bonchev–Trinajstić information content (AvgIpc) is 3.33. The predicted octanol–water partition coefficient (Wildman–Crippen LogP) is 5.43. The van der Waals surface area contributed by atoms with Gasteiger partial charge in [-0.3, -0.25) is 4.99 Å². The third kappa shape index (κ3) is 3.38. The molecule has 1 atom stereocenters. The predicted molar refractivity (Wildman–Crippen MR) is 126 cm³/mol. The van der Waals surface area contributed by atoms with Gasteiger partial charge in [0.05, 0.1) is 26.5 Å². The molecule has 0 saturated heterocycles. The Morgan fingerprint density at radius 1 is 0.871 bits per heavy atom. The number of amidine groups is 1. The van der Waals surface area contributed by atoms with Crippen molar-refractivity contribution in [3.63, 3.8) is 0 Å². The van der Waals surface area contributed by atoms with Crippen LogP contribution >= 0.6 is 0 Å². The first-order valence-corrected chi connectivity index (χ1v) is 10.6. The minimum absolute atomic E-state index is 0.249. The number of fused-ring (bicyclic) bond motifs is 3. The van der Waals surface area contributed by atoms with Crippen molar-refractivity contribution in [1.29, 1.82) is 0 Å². The zero-order chi connectivity index (χ0) is 21.4. The standard InChI is InChI=1S/C27H26N2O2/c1-18(21-12-13-25(30-2)26(17-21)31-3)19-8-10-20(11-9-19)24-16-22-6-4-5-7-23(22)27-28-14-15-29(24)27/h4-13,16-18H,14-15H2,1-3H3. The van der Waals surface area contributed by atoms with E-state index in [0.29, 0.717) is 0 Å². The molecule has 4 nitrogen and oxygen atoms in total. The summed E-state index contributed by atoms with van der Waals surface area (Å²) in [5.41, 5.74) is 7.36. The summed E-state index contributed by atoms with van der Waals surface area (Å²) in [7, 11) is 3.33. The van der Waals surface area contributed by atoms with E-state index >= 15 is 0 Å². The average molecular weight is 411 g/mol. The number of hydrogen-bond acceptors (Lipinski definition) is 4. The Bertz CT molecular complexity index is 1180. The molecule has 156 valence electrons. The van der Waals surface area contributed by atoms with E-state index in [1.807, 2.05) is 6.07 Å². The smallest absolute Gasteiger partial charge is 0.161 e. The highest BCUT2D eigenvalue weighted by atomic mass is 16.5. The fraction of sp³-hybridized carbons (Fsp3) is 0.222. The van der Waals surface area contributed by atoms with Crippen molar-refractivity contribution in [3.05, 3.63) is 94.5 Å². The summed E-state index contributed by atoms with van der Waals surface area (Å²) >= 11 is 0. The maximum absolute atomic E-state index is 5.48. The molecular formula is C27H26N2O2. The van der Waals surface area contributed by atoms with Gasteiger partial charge in [-0.05, 0) is 40.5 Å². The molecule has 0 aliphatic carbocycles. The van der Waals surface area contributed by atoms with Crippen LogP contribution in [0.3, 0.4) is 0 Å². The molecule has 0 amide bonds. The Morgan fingerprint density at radius 2 is 1.61 bits per heavy atom. The van der Waals surface area contributed by atoms with Gasteiger partial charge < -0.3 is 14.4 Å². The molecule has 0 spiro atoms. The molecular weight excluding hydrogens is 384 g/mol. The Balaban J connectivity index is 1.46. The van der Waals surface area contributed by atoms with Crippen LogP contribution in [0.2, 0.25) is 0 Å². The molecule has 0 radical (unpaired) electrons. The minimum Gasteiger partial charge on any atom is -0.493 e. The van der Waals surface area contributed by atoms with Crippen LogP contribution in [0.15, 0.2) is 71.7 Å². The zero-order valence-corrected chi connectivity index (χ0v) is 18.1. The largest absolute Gasteiger partial charge is 0.493 e. The quantitative estimate of drug-likeness (QED) is 0.562. The van der Waals surface area contributed by atoms with Crippen molar-refractivity contribution in [2.75, 3.05) is 27.3 Å². The lowest BCUT2D eigenvalue weighted by molar-refractivity contribution is 0.354. The van der Waals surface area contributed by atoms with Gasteiger partial charge in [-0.1, -0.05) is 61.5 Å². The molecule has 31 heavy (non-hydrogen) atoms. The van der Waals surface area contributed by atoms with Gasteiger partial charge in [-0.2, -0.15) is 0 Å². The third-order valence-electron chi connectivity index (χ3n) is 6.24. The summed E-state index contributed by atoms with van der Waals surface area (Å²) in [4.78, 5) is 7.11. The molecule has 2 aliphatic rings. The molecule has 3 aromatic rings. The lowest BCUT2D eigenvalue weighted by Gasteiger charge is -2.29. The van der Waals surface area contributed by atoms with E-state index in [4.69, 9.17) is 14.5 Å². The fourth-order valence-electron chi connectivity index (χ4n) is 4.46. The first-order valence-electron chi connectivity index (χ1n) is 10.6. The number of hydrogen-bond donors (Lipinski definition) is 0. The Kier molecular flexibility index (Phi) is 4.99. The van der Waals surface area contributed by atoms with Crippen molar-refractivity contribution >= 4 is 17.6 Å². The van der Waals surface area contributed by atoms with E-state index in [-0.39, 0.29) is 5.92 Å².